The Kier molecular flexibility index (Phi) is 7.19. The zero-order valence-electron chi connectivity index (χ0n) is 24.0. The summed E-state index contributed by atoms with van der Waals surface area (Å²) in [6, 6.07) is 51.2. The van der Waals surface area contributed by atoms with E-state index in [-0.39, 0.29) is 0 Å². The lowest BCUT2D eigenvalue weighted by Crippen LogP contribution is -2.11. The summed E-state index contributed by atoms with van der Waals surface area (Å²) in [6.07, 6.45) is 6.28. The van der Waals surface area contributed by atoms with Crippen molar-refractivity contribution in [3.8, 4) is 44.5 Å². The molecule has 0 unspecified atom stereocenters. The number of allylic oxidation sites excluding steroid dienone is 2. The van der Waals surface area contributed by atoms with E-state index in [2.05, 4.69) is 157 Å². The summed E-state index contributed by atoms with van der Waals surface area (Å²) in [5.41, 5.74) is 12.5. The smallest absolute Gasteiger partial charge is 0.0401 e. The van der Waals surface area contributed by atoms with Gasteiger partial charge in [0.05, 0.1) is 0 Å². The van der Waals surface area contributed by atoms with Crippen LogP contribution in [-0.2, 0) is 0 Å². The third-order valence-corrected chi connectivity index (χ3v) is 10.5. The summed E-state index contributed by atoms with van der Waals surface area (Å²) in [7, 11) is 0. The first-order valence-corrected chi connectivity index (χ1v) is 16.5. The second-order valence-electron chi connectivity index (χ2n) is 11.0. The van der Waals surface area contributed by atoms with Gasteiger partial charge in [-0.3, -0.25) is 0 Å². The third kappa shape index (κ3) is 5.19. The summed E-state index contributed by atoms with van der Waals surface area (Å²) in [5, 5.41) is 3.35. The molecule has 0 fully saturated rings. The van der Waals surface area contributed by atoms with Crippen LogP contribution in [0.1, 0.15) is 5.56 Å². The molecule has 0 atom stereocenters. The zero-order chi connectivity index (χ0) is 29.3. The number of nitrogens with one attached hydrogen (secondary N) is 1. The lowest BCUT2D eigenvalue weighted by molar-refractivity contribution is 0.986. The fourth-order valence-corrected chi connectivity index (χ4v) is 8.29. The van der Waals surface area contributed by atoms with Gasteiger partial charge in [-0.2, -0.15) is 0 Å². The van der Waals surface area contributed by atoms with Gasteiger partial charge < -0.3 is 5.32 Å². The third-order valence-electron chi connectivity index (χ3n) is 8.24. The molecule has 210 valence electrons. The maximum atomic E-state index is 3.35. The topological polar surface area (TPSA) is 12.0 Å². The monoisotopic (exact) mass is 599 g/mol. The molecule has 0 amide bonds. The van der Waals surface area contributed by atoms with Crippen molar-refractivity contribution < 1.29 is 0 Å². The molecule has 0 saturated heterocycles. The van der Waals surface area contributed by atoms with E-state index < -0.39 is 0 Å². The van der Waals surface area contributed by atoms with Crippen molar-refractivity contribution in [3.05, 3.63) is 163 Å². The summed E-state index contributed by atoms with van der Waals surface area (Å²) in [6.45, 7) is 0.844. The van der Waals surface area contributed by atoms with E-state index in [1.807, 2.05) is 29.7 Å². The first-order chi connectivity index (χ1) is 21.8. The van der Waals surface area contributed by atoms with Crippen LogP contribution >= 0.6 is 23.5 Å². The van der Waals surface area contributed by atoms with Gasteiger partial charge >= 0.3 is 0 Å². The minimum absolute atomic E-state index is 0.844. The number of benzene rings is 6. The van der Waals surface area contributed by atoms with E-state index in [9.17, 15) is 0 Å². The molecule has 1 N–H and O–H groups in total. The van der Waals surface area contributed by atoms with Crippen LogP contribution in [0, 0.1) is 0 Å². The number of fused-ring (bicyclic) bond motifs is 6. The van der Waals surface area contributed by atoms with E-state index in [0.29, 0.717) is 0 Å². The molecule has 0 aliphatic carbocycles. The van der Waals surface area contributed by atoms with Crippen LogP contribution in [0.15, 0.2) is 177 Å². The van der Waals surface area contributed by atoms with Gasteiger partial charge in [0, 0.05) is 26.1 Å². The molecule has 0 radical (unpaired) electrons. The van der Waals surface area contributed by atoms with Crippen LogP contribution in [0.25, 0.3) is 50.1 Å². The van der Waals surface area contributed by atoms with E-state index in [4.69, 9.17) is 0 Å². The van der Waals surface area contributed by atoms with Crippen molar-refractivity contribution >= 4 is 29.1 Å². The number of dihydropyridines is 1. The summed E-state index contributed by atoms with van der Waals surface area (Å²) in [4.78, 5) is 5.06. The van der Waals surface area contributed by atoms with E-state index in [1.54, 1.807) is 0 Å². The molecular weight excluding hydrogens is 571 g/mol. The average Bonchev–Trinajstić information content (AvgIpc) is 3.10. The molecule has 2 heterocycles. The van der Waals surface area contributed by atoms with E-state index in [1.165, 1.54) is 75.2 Å². The van der Waals surface area contributed by atoms with Crippen LogP contribution < -0.4 is 5.32 Å². The summed E-state index contributed by atoms with van der Waals surface area (Å²) < 4.78 is 0. The van der Waals surface area contributed by atoms with Gasteiger partial charge in [0.2, 0.25) is 0 Å². The fraction of sp³-hybridized carbons (Fsp3) is 0.0244. The Balaban J connectivity index is 1.32. The maximum Gasteiger partial charge on any atom is 0.0401 e. The van der Waals surface area contributed by atoms with Gasteiger partial charge in [0.1, 0.15) is 0 Å². The van der Waals surface area contributed by atoms with E-state index in [0.717, 1.165) is 6.54 Å². The van der Waals surface area contributed by atoms with Gasteiger partial charge in [-0.1, -0.05) is 139 Å². The standard InChI is InChI=1S/C41H29NS2/c1-2-10-28(11-3-1)31-19-21-36-34-15-4-6-17-38(34)43-39-18-7-5-16-35(39)37-22-20-32(26-41(37)44-40(36)25-31)29-12-8-13-30(24-29)33-14-9-23-42-27-33/h1-26,42H,27H2. The van der Waals surface area contributed by atoms with Crippen LogP contribution in [0.4, 0.5) is 0 Å². The number of hydrogen-bond donors (Lipinski definition) is 1. The zero-order valence-corrected chi connectivity index (χ0v) is 25.7. The number of hydrogen-bond acceptors (Lipinski definition) is 3. The molecule has 0 bridgehead atoms. The Morgan fingerprint density at radius 2 is 0.932 bits per heavy atom. The summed E-state index contributed by atoms with van der Waals surface area (Å²) >= 11 is 3.74. The van der Waals surface area contributed by atoms with Gasteiger partial charge in [0.15, 0.2) is 0 Å². The molecule has 0 saturated carbocycles. The largest absolute Gasteiger partial charge is 0.387 e. The number of rotatable bonds is 3. The van der Waals surface area contributed by atoms with E-state index >= 15 is 0 Å². The first-order valence-electron chi connectivity index (χ1n) is 14.9. The molecule has 0 spiro atoms. The van der Waals surface area contributed by atoms with Crippen molar-refractivity contribution in [2.24, 2.45) is 0 Å². The second kappa shape index (κ2) is 11.8. The first kappa shape index (κ1) is 26.9. The lowest BCUT2D eigenvalue weighted by atomic mass is 9.96. The van der Waals surface area contributed by atoms with Crippen molar-refractivity contribution in [2.45, 2.75) is 19.6 Å². The highest BCUT2D eigenvalue weighted by Gasteiger charge is 2.20. The molecule has 2 aliphatic rings. The lowest BCUT2D eigenvalue weighted by Gasteiger charge is -2.21. The quantitative estimate of drug-likeness (QED) is 0.217. The van der Waals surface area contributed by atoms with Gasteiger partial charge in [0.25, 0.3) is 0 Å². The SMILES string of the molecule is C1=CNCC(c2cccc(-c3ccc4c(c3)Sc3cc(-c5ccccc5)ccc3-c3ccccc3Sc3ccccc3-4)c2)=C1. The Bertz CT molecular complexity index is 2070. The summed E-state index contributed by atoms with van der Waals surface area (Å²) in [5.74, 6) is 0. The second-order valence-corrected chi connectivity index (χ2v) is 13.2. The average molecular weight is 600 g/mol. The Hall–Kier alpha value is -4.70. The highest BCUT2D eigenvalue weighted by molar-refractivity contribution is 8.00. The maximum absolute atomic E-state index is 3.35. The molecule has 6 aromatic carbocycles. The Labute approximate surface area is 267 Å². The highest BCUT2D eigenvalue weighted by atomic mass is 32.2. The van der Waals surface area contributed by atoms with Crippen LogP contribution in [0.5, 0.6) is 0 Å². The molecule has 6 aromatic rings. The molecule has 1 nitrogen and oxygen atoms in total. The molecule has 3 heteroatoms. The molecule has 0 aromatic heterocycles. The minimum atomic E-state index is 0.844. The van der Waals surface area contributed by atoms with Crippen molar-refractivity contribution in [2.75, 3.05) is 6.54 Å². The van der Waals surface area contributed by atoms with Gasteiger partial charge in [-0.05, 0) is 98.3 Å². The fourth-order valence-electron chi connectivity index (χ4n) is 6.00. The van der Waals surface area contributed by atoms with Crippen molar-refractivity contribution in [1.82, 2.24) is 5.32 Å². The van der Waals surface area contributed by atoms with Crippen molar-refractivity contribution in [1.29, 1.82) is 0 Å². The molecule has 8 rings (SSSR count). The van der Waals surface area contributed by atoms with Crippen LogP contribution in [-0.4, -0.2) is 6.54 Å². The Morgan fingerprint density at radius 1 is 0.409 bits per heavy atom. The van der Waals surface area contributed by atoms with Crippen LogP contribution in [0.2, 0.25) is 0 Å². The Morgan fingerprint density at radius 3 is 1.59 bits per heavy atom. The van der Waals surface area contributed by atoms with Gasteiger partial charge in [-0.15, -0.1) is 0 Å². The molecule has 44 heavy (non-hydrogen) atoms. The van der Waals surface area contributed by atoms with Crippen LogP contribution in [0.3, 0.4) is 0 Å². The normalized spacial score (nSPS) is 13.4. The predicted molar refractivity (Wildman–Crippen MR) is 188 cm³/mol. The van der Waals surface area contributed by atoms with Gasteiger partial charge in [-0.25, -0.2) is 0 Å². The highest BCUT2D eigenvalue weighted by Crippen LogP contribution is 2.50. The predicted octanol–water partition coefficient (Wildman–Crippen LogP) is 11.5. The van der Waals surface area contributed by atoms with Crippen molar-refractivity contribution in [3.63, 3.8) is 0 Å². The molecular formula is C41H29NS2. The molecule has 2 aliphatic heterocycles. The minimum Gasteiger partial charge on any atom is -0.387 e.